The van der Waals surface area contributed by atoms with Crippen molar-refractivity contribution < 1.29 is 4.74 Å². The Bertz CT molecular complexity index is 682. The first-order valence-corrected chi connectivity index (χ1v) is 5.42. The van der Waals surface area contributed by atoms with Gasteiger partial charge in [0.05, 0.1) is 25.7 Å². The lowest BCUT2D eigenvalue weighted by Gasteiger charge is -1.98. The van der Waals surface area contributed by atoms with Crippen LogP contribution < -0.4 is 4.74 Å². The summed E-state index contributed by atoms with van der Waals surface area (Å²) in [6.07, 6.45) is 7.85. The monoisotopic (exact) mass is 255 g/mol. The Kier molecular flexibility index (Phi) is 2.81. The number of aromatic nitrogens is 7. The molecule has 0 unspecified atom stereocenters. The van der Waals surface area contributed by atoms with E-state index in [0.29, 0.717) is 28.9 Å². The first-order valence-electron chi connectivity index (χ1n) is 5.42. The number of hydrogen-bond donors (Lipinski definition) is 1. The second-order valence-electron chi connectivity index (χ2n) is 3.54. The molecular weight excluding hydrogens is 246 g/mol. The average Bonchev–Trinajstić information content (AvgIpc) is 2.98. The van der Waals surface area contributed by atoms with Crippen LogP contribution >= 0.6 is 0 Å². The van der Waals surface area contributed by atoms with Crippen molar-refractivity contribution in [3.05, 3.63) is 31.0 Å². The highest BCUT2D eigenvalue weighted by molar-refractivity contribution is 5.54. The molecular formula is C11H9N7O. The first kappa shape index (κ1) is 11.2. The molecule has 0 aliphatic heterocycles. The third-order valence-electron chi connectivity index (χ3n) is 2.34. The normalized spacial score (nSPS) is 10.4. The lowest BCUT2D eigenvalue weighted by molar-refractivity contribution is 0.396. The van der Waals surface area contributed by atoms with Crippen LogP contribution in [0.4, 0.5) is 0 Å². The van der Waals surface area contributed by atoms with Gasteiger partial charge in [0.1, 0.15) is 11.4 Å². The summed E-state index contributed by atoms with van der Waals surface area (Å²) in [6.45, 7) is 0. The van der Waals surface area contributed by atoms with Gasteiger partial charge in [0.25, 0.3) is 0 Å². The predicted octanol–water partition coefficient (Wildman–Crippen LogP) is 0.727. The van der Waals surface area contributed by atoms with Crippen molar-refractivity contribution >= 4 is 0 Å². The molecule has 3 rings (SSSR count). The van der Waals surface area contributed by atoms with E-state index in [2.05, 4.69) is 35.1 Å². The molecule has 19 heavy (non-hydrogen) atoms. The maximum atomic E-state index is 5.01. The number of aromatic amines is 1. The zero-order valence-electron chi connectivity index (χ0n) is 9.98. The molecule has 0 amide bonds. The topological polar surface area (TPSA) is 102 Å². The first-order chi connectivity index (χ1) is 9.36. The minimum atomic E-state index is 0.406. The second-order valence-corrected chi connectivity index (χ2v) is 3.54. The molecule has 0 saturated heterocycles. The van der Waals surface area contributed by atoms with Crippen molar-refractivity contribution in [1.29, 1.82) is 0 Å². The minimum absolute atomic E-state index is 0.406. The number of nitrogens with one attached hydrogen (secondary N) is 1. The quantitative estimate of drug-likeness (QED) is 0.735. The van der Waals surface area contributed by atoms with Gasteiger partial charge in [-0.25, -0.2) is 15.0 Å². The maximum absolute atomic E-state index is 5.01. The number of hydrogen-bond acceptors (Lipinski definition) is 7. The van der Waals surface area contributed by atoms with E-state index in [4.69, 9.17) is 4.74 Å². The van der Waals surface area contributed by atoms with Crippen LogP contribution in [0, 0.1) is 0 Å². The van der Waals surface area contributed by atoms with Crippen molar-refractivity contribution in [2.24, 2.45) is 0 Å². The summed E-state index contributed by atoms with van der Waals surface area (Å²) in [5.41, 5.74) is 1.13. The van der Waals surface area contributed by atoms with E-state index >= 15 is 0 Å². The van der Waals surface area contributed by atoms with E-state index in [9.17, 15) is 0 Å². The summed E-state index contributed by atoms with van der Waals surface area (Å²) in [6, 6.07) is 0. The molecule has 94 valence electrons. The largest absolute Gasteiger partial charge is 0.480 e. The van der Waals surface area contributed by atoms with Gasteiger partial charge in [0.2, 0.25) is 11.7 Å². The fourth-order valence-corrected chi connectivity index (χ4v) is 1.47. The predicted molar refractivity (Wildman–Crippen MR) is 65.0 cm³/mol. The van der Waals surface area contributed by atoms with Gasteiger partial charge in [-0.3, -0.25) is 15.1 Å². The molecule has 0 aliphatic carbocycles. The van der Waals surface area contributed by atoms with Crippen LogP contribution in [0.3, 0.4) is 0 Å². The number of H-pyrrole nitrogens is 1. The van der Waals surface area contributed by atoms with Gasteiger partial charge in [-0.15, -0.1) is 0 Å². The Morgan fingerprint density at radius 3 is 2.68 bits per heavy atom. The van der Waals surface area contributed by atoms with E-state index in [1.165, 1.54) is 13.3 Å². The van der Waals surface area contributed by atoms with Crippen molar-refractivity contribution in [1.82, 2.24) is 35.1 Å². The fourth-order valence-electron chi connectivity index (χ4n) is 1.47. The summed E-state index contributed by atoms with van der Waals surface area (Å²) >= 11 is 0. The summed E-state index contributed by atoms with van der Waals surface area (Å²) in [4.78, 5) is 20.6. The van der Waals surface area contributed by atoms with Crippen LogP contribution in [-0.4, -0.2) is 42.2 Å². The summed E-state index contributed by atoms with van der Waals surface area (Å²) in [7, 11) is 1.52. The lowest BCUT2D eigenvalue weighted by Crippen LogP contribution is -1.92. The van der Waals surface area contributed by atoms with Gasteiger partial charge in [-0.2, -0.15) is 5.10 Å². The van der Waals surface area contributed by atoms with E-state index in [0.717, 1.165) is 0 Å². The highest BCUT2D eigenvalue weighted by Gasteiger charge is 2.10. The number of nitrogens with zero attached hydrogens (tertiary/aromatic N) is 6. The fraction of sp³-hybridized carbons (Fsp3) is 0.0909. The lowest BCUT2D eigenvalue weighted by atomic mass is 10.4. The van der Waals surface area contributed by atoms with Crippen LogP contribution in [-0.2, 0) is 0 Å². The Labute approximate surface area is 108 Å². The zero-order valence-corrected chi connectivity index (χ0v) is 9.98. The molecule has 0 aromatic carbocycles. The van der Waals surface area contributed by atoms with E-state index < -0.39 is 0 Å². The van der Waals surface area contributed by atoms with E-state index in [1.807, 2.05) is 0 Å². The molecule has 0 saturated carbocycles. The van der Waals surface area contributed by atoms with Crippen LogP contribution in [0.5, 0.6) is 5.88 Å². The van der Waals surface area contributed by atoms with Crippen molar-refractivity contribution in [2.75, 3.05) is 7.11 Å². The van der Waals surface area contributed by atoms with Crippen LogP contribution in [0.15, 0.2) is 31.0 Å². The van der Waals surface area contributed by atoms with Gasteiger partial charge in [-0.1, -0.05) is 0 Å². The second kappa shape index (κ2) is 4.77. The molecule has 8 nitrogen and oxygen atoms in total. The highest BCUT2D eigenvalue weighted by Crippen LogP contribution is 2.17. The van der Waals surface area contributed by atoms with Crippen molar-refractivity contribution in [3.63, 3.8) is 0 Å². The molecule has 0 fully saturated rings. The standard InChI is InChI=1S/C11H9N7O/c1-19-9-6-13-5-8(15-9)11-16-10(17-18-11)7-4-12-2-3-14-7/h2-6H,1H3,(H,16,17,18). The highest BCUT2D eigenvalue weighted by atomic mass is 16.5. The Morgan fingerprint density at radius 1 is 1.00 bits per heavy atom. The molecule has 3 aromatic heterocycles. The molecule has 3 heterocycles. The van der Waals surface area contributed by atoms with Gasteiger partial charge in [0.15, 0.2) is 5.82 Å². The maximum Gasteiger partial charge on any atom is 0.232 e. The van der Waals surface area contributed by atoms with Gasteiger partial charge >= 0.3 is 0 Å². The smallest absolute Gasteiger partial charge is 0.232 e. The molecule has 3 aromatic rings. The molecule has 8 heteroatoms. The van der Waals surface area contributed by atoms with Crippen molar-refractivity contribution in [2.45, 2.75) is 0 Å². The number of ether oxygens (including phenoxy) is 1. The molecule has 0 radical (unpaired) electrons. The number of methoxy groups -OCH3 is 1. The van der Waals surface area contributed by atoms with Gasteiger partial charge in [0, 0.05) is 12.4 Å². The summed E-state index contributed by atoms with van der Waals surface area (Å²) < 4.78 is 5.01. The molecule has 0 atom stereocenters. The van der Waals surface area contributed by atoms with Crippen LogP contribution in [0.2, 0.25) is 0 Å². The van der Waals surface area contributed by atoms with E-state index in [1.54, 1.807) is 24.8 Å². The Hall–Kier alpha value is -2.90. The van der Waals surface area contributed by atoms with Gasteiger partial charge in [-0.05, 0) is 0 Å². The zero-order chi connectivity index (χ0) is 13.1. The number of rotatable bonds is 3. The van der Waals surface area contributed by atoms with Gasteiger partial charge < -0.3 is 4.74 Å². The van der Waals surface area contributed by atoms with Crippen LogP contribution in [0.25, 0.3) is 23.0 Å². The van der Waals surface area contributed by atoms with Crippen molar-refractivity contribution in [3.8, 4) is 28.9 Å². The third kappa shape index (κ3) is 2.23. The average molecular weight is 255 g/mol. The van der Waals surface area contributed by atoms with E-state index in [-0.39, 0.29) is 0 Å². The molecule has 0 bridgehead atoms. The Balaban J connectivity index is 1.97. The summed E-state index contributed by atoms with van der Waals surface area (Å²) in [5, 5.41) is 6.86. The minimum Gasteiger partial charge on any atom is -0.480 e. The molecule has 0 aliphatic rings. The summed E-state index contributed by atoms with van der Waals surface area (Å²) in [5.74, 6) is 1.35. The Morgan fingerprint density at radius 2 is 1.89 bits per heavy atom. The molecule has 0 spiro atoms. The SMILES string of the molecule is COc1cncc(-c2n[nH]c(-c3cnccn3)n2)n1. The molecule has 1 N–H and O–H groups in total. The third-order valence-corrected chi connectivity index (χ3v) is 2.34. The van der Waals surface area contributed by atoms with Crippen LogP contribution in [0.1, 0.15) is 0 Å².